The van der Waals surface area contributed by atoms with Crippen LogP contribution in [0.1, 0.15) is 47.5 Å². The Bertz CT molecular complexity index is 1140. The Morgan fingerprint density at radius 1 is 1.23 bits per heavy atom. The molecular weight excluding hydrogens is 416 g/mol. The van der Waals surface area contributed by atoms with Gasteiger partial charge in [-0.2, -0.15) is 4.31 Å². The highest BCUT2D eigenvalue weighted by molar-refractivity contribution is 7.89. The summed E-state index contributed by atoms with van der Waals surface area (Å²) in [5.74, 6) is 0.672. The van der Waals surface area contributed by atoms with Crippen LogP contribution in [0.3, 0.4) is 0 Å². The lowest BCUT2D eigenvalue weighted by Crippen LogP contribution is -2.40. The van der Waals surface area contributed by atoms with Gasteiger partial charge in [-0.3, -0.25) is 9.59 Å². The van der Waals surface area contributed by atoms with E-state index in [9.17, 15) is 18.0 Å². The lowest BCUT2D eigenvalue weighted by molar-refractivity contribution is -0.129. The van der Waals surface area contributed by atoms with E-state index in [0.29, 0.717) is 49.6 Å². The van der Waals surface area contributed by atoms with Crippen molar-refractivity contribution in [2.24, 2.45) is 0 Å². The molecule has 0 spiro atoms. The number of carbonyl (C=O) groups is 1. The zero-order chi connectivity index (χ0) is 22.2. The topological polar surface area (TPSA) is 103 Å². The maximum atomic E-state index is 12.7. The van der Waals surface area contributed by atoms with Crippen LogP contribution in [0.4, 0.5) is 0 Å². The number of sulfonamides is 1. The maximum Gasteiger partial charge on any atom is 0.255 e. The molecule has 0 bridgehead atoms. The van der Waals surface area contributed by atoms with Gasteiger partial charge in [0.2, 0.25) is 15.9 Å². The Labute approximate surface area is 182 Å². The second kappa shape index (κ2) is 8.55. The van der Waals surface area contributed by atoms with Crippen molar-refractivity contribution >= 4 is 15.9 Å². The number of carbonyl (C=O) groups excluding carboxylic acids is 1. The normalized spacial score (nSPS) is 19.4. The fraction of sp³-hybridized carbons (Fsp3) is 0.500. The first-order valence-corrected chi connectivity index (χ1v) is 12.3. The summed E-state index contributed by atoms with van der Waals surface area (Å²) in [6, 6.07) is 7.96. The van der Waals surface area contributed by atoms with E-state index in [1.54, 1.807) is 6.92 Å². The van der Waals surface area contributed by atoms with Crippen molar-refractivity contribution < 1.29 is 13.2 Å². The Morgan fingerprint density at radius 2 is 1.97 bits per heavy atom. The number of aromatic amines is 1. The van der Waals surface area contributed by atoms with Crippen LogP contribution in [0.25, 0.3) is 0 Å². The predicted molar refractivity (Wildman–Crippen MR) is 117 cm³/mol. The minimum absolute atomic E-state index is 0.0142. The molecule has 1 amide bonds. The summed E-state index contributed by atoms with van der Waals surface area (Å²) >= 11 is 0. The molecule has 1 atom stereocenters. The van der Waals surface area contributed by atoms with Crippen LogP contribution in [0.5, 0.6) is 0 Å². The molecule has 2 aliphatic heterocycles. The van der Waals surface area contributed by atoms with Gasteiger partial charge in [0.1, 0.15) is 5.82 Å². The molecule has 9 heteroatoms. The number of amides is 1. The number of fused-ring (bicyclic) bond motifs is 1. The van der Waals surface area contributed by atoms with E-state index in [-0.39, 0.29) is 29.7 Å². The van der Waals surface area contributed by atoms with Crippen molar-refractivity contribution in [3.63, 3.8) is 0 Å². The van der Waals surface area contributed by atoms with Crippen molar-refractivity contribution in [2.75, 3.05) is 25.4 Å². The highest BCUT2D eigenvalue weighted by Gasteiger charge is 2.32. The van der Waals surface area contributed by atoms with E-state index < -0.39 is 10.0 Å². The van der Waals surface area contributed by atoms with E-state index in [4.69, 9.17) is 0 Å². The van der Waals surface area contributed by atoms with E-state index in [2.05, 4.69) is 9.97 Å². The zero-order valence-electron chi connectivity index (χ0n) is 17.9. The van der Waals surface area contributed by atoms with Crippen LogP contribution in [-0.2, 0) is 34.2 Å². The van der Waals surface area contributed by atoms with Crippen molar-refractivity contribution in [1.29, 1.82) is 0 Å². The summed E-state index contributed by atoms with van der Waals surface area (Å²) in [5.41, 5.74) is 2.98. The number of nitrogens with one attached hydrogen (secondary N) is 1. The van der Waals surface area contributed by atoms with E-state index in [1.165, 1.54) is 4.31 Å². The molecule has 0 saturated carbocycles. The molecule has 3 heterocycles. The van der Waals surface area contributed by atoms with Crippen LogP contribution in [0, 0.1) is 6.92 Å². The number of nitrogens with zero attached hydrogens (tertiary/aromatic N) is 3. The number of benzene rings is 1. The molecule has 0 aliphatic carbocycles. The van der Waals surface area contributed by atoms with Crippen LogP contribution >= 0.6 is 0 Å². The second-order valence-corrected chi connectivity index (χ2v) is 10.6. The first-order chi connectivity index (χ1) is 14.8. The summed E-state index contributed by atoms with van der Waals surface area (Å²) in [5, 5.41) is 0. The molecular formula is C22H28N4O4S. The van der Waals surface area contributed by atoms with Crippen LogP contribution < -0.4 is 5.56 Å². The Hall–Kier alpha value is -2.52. The molecule has 1 N–H and O–H groups in total. The van der Waals surface area contributed by atoms with Crippen LogP contribution in [-0.4, -0.2) is 58.9 Å². The van der Waals surface area contributed by atoms with E-state index >= 15 is 0 Å². The Morgan fingerprint density at radius 3 is 2.68 bits per heavy atom. The van der Waals surface area contributed by atoms with Gasteiger partial charge in [-0.05, 0) is 25.8 Å². The highest BCUT2D eigenvalue weighted by Crippen LogP contribution is 2.26. The summed E-state index contributed by atoms with van der Waals surface area (Å²) < 4.78 is 25.7. The smallest absolute Gasteiger partial charge is 0.255 e. The maximum absolute atomic E-state index is 12.7. The van der Waals surface area contributed by atoms with Gasteiger partial charge in [-0.1, -0.05) is 29.8 Å². The van der Waals surface area contributed by atoms with Gasteiger partial charge in [-0.25, -0.2) is 13.4 Å². The van der Waals surface area contributed by atoms with Gasteiger partial charge in [0.15, 0.2) is 0 Å². The number of likely N-dealkylation sites (tertiary alicyclic amines) is 1. The number of rotatable bonds is 5. The fourth-order valence-electron chi connectivity index (χ4n) is 4.24. The average Bonchev–Trinajstić information content (AvgIpc) is 3.25. The van der Waals surface area contributed by atoms with Crippen molar-refractivity contribution in [2.45, 2.75) is 45.6 Å². The van der Waals surface area contributed by atoms with Gasteiger partial charge in [0.05, 0.1) is 23.4 Å². The van der Waals surface area contributed by atoms with Crippen molar-refractivity contribution in [3.05, 3.63) is 62.8 Å². The Kier molecular flexibility index (Phi) is 5.98. The number of aromatic nitrogens is 2. The number of aryl methyl sites for hydroxylation is 1. The molecule has 4 rings (SSSR count). The predicted octanol–water partition coefficient (Wildman–Crippen LogP) is 1.34. The van der Waals surface area contributed by atoms with Gasteiger partial charge in [0, 0.05) is 38.5 Å². The number of hydrogen-bond donors (Lipinski definition) is 1. The lowest BCUT2D eigenvalue weighted by atomic mass is 10.1. The third-order valence-electron chi connectivity index (χ3n) is 6.21. The standard InChI is InChI=1S/C22H28N4O4S/c1-3-31(29,30)26-11-9-19-18(14-26)22(28)24-21(23-19)17-8-10-25(13-17)20(27)12-16-6-4-15(2)5-7-16/h4-7,17H,3,8-14H2,1-2H3,(H,23,24,28)/t17-/m0/s1. The molecule has 2 aliphatic rings. The molecule has 166 valence electrons. The molecule has 31 heavy (non-hydrogen) atoms. The largest absolute Gasteiger partial charge is 0.342 e. The molecule has 1 saturated heterocycles. The SMILES string of the molecule is CCS(=O)(=O)N1CCc2nc([C@H]3CCN(C(=O)Cc4ccc(C)cc4)C3)[nH]c(=O)c2C1. The number of hydrogen-bond acceptors (Lipinski definition) is 5. The van der Waals surface area contributed by atoms with E-state index in [1.807, 2.05) is 36.1 Å². The molecule has 1 aromatic heterocycles. The average molecular weight is 445 g/mol. The summed E-state index contributed by atoms with van der Waals surface area (Å²) in [6.07, 6.45) is 1.54. The van der Waals surface area contributed by atoms with Gasteiger partial charge in [-0.15, -0.1) is 0 Å². The van der Waals surface area contributed by atoms with Crippen LogP contribution in [0.15, 0.2) is 29.1 Å². The monoisotopic (exact) mass is 444 g/mol. The minimum Gasteiger partial charge on any atom is -0.342 e. The first kappa shape index (κ1) is 21.7. The minimum atomic E-state index is -3.34. The number of H-pyrrole nitrogens is 1. The lowest BCUT2D eigenvalue weighted by Gasteiger charge is -2.27. The van der Waals surface area contributed by atoms with E-state index in [0.717, 1.165) is 17.5 Å². The quantitative estimate of drug-likeness (QED) is 0.750. The van der Waals surface area contributed by atoms with Gasteiger partial charge < -0.3 is 9.88 Å². The highest BCUT2D eigenvalue weighted by atomic mass is 32.2. The first-order valence-electron chi connectivity index (χ1n) is 10.7. The third kappa shape index (κ3) is 4.57. The van der Waals surface area contributed by atoms with Crippen molar-refractivity contribution in [1.82, 2.24) is 19.2 Å². The van der Waals surface area contributed by atoms with Gasteiger partial charge >= 0.3 is 0 Å². The summed E-state index contributed by atoms with van der Waals surface area (Å²) in [4.78, 5) is 34.8. The Balaban J connectivity index is 1.45. The molecule has 1 aromatic carbocycles. The zero-order valence-corrected chi connectivity index (χ0v) is 18.7. The molecule has 1 fully saturated rings. The summed E-state index contributed by atoms with van der Waals surface area (Å²) in [7, 11) is -3.34. The van der Waals surface area contributed by atoms with Crippen LogP contribution in [0.2, 0.25) is 0 Å². The molecule has 8 nitrogen and oxygen atoms in total. The molecule has 0 unspecified atom stereocenters. The molecule has 2 aromatic rings. The van der Waals surface area contributed by atoms with Crippen molar-refractivity contribution in [3.8, 4) is 0 Å². The summed E-state index contributed by atoms with van der Waals surface area (Å²) in [6.45, 7) is 5.19. The molecule has 0 radical (unpaired) electrons. The third-order valence-corrected chi connectivity index (χ3v) is 8.04. The fourth-order valence-corrected chi connectivity index (χ4v) is 5.30. The second-order valence-electron chi connectivity index (χ2n) is 8.35. The van der Waals surface area contributed by atoms with Gasteiger partial charge in [0.25, 0.3) is 5.56 Å².